The van der Waals surface area contributed by atoms with Crippen LogP contribution in [0, 0.1) is 0 Å². The fraction of sp³-hybridized carbons (Fsp3) is 0.571. The Kier molecular flexibility index (Phi) is 12.2. The molecule has 0 heterocycles. The van der Waals surface area contributed by atoms with E-state index in [0.29, 0.717) is 5.02 Å². The molecule has 0 aromatic heterocycles. The molecule has 1 rings (SSSR count). The highest BCUT2D eigenvalue weighted by Crippen LogP contribution is 2.16. The summed E-state index contributed by atoms with van der Waals surface area (Å²) in [5, 5.41) is 3.59. The molecule has 0 bridgehead atoms. The van der Waals surface area contributed by atoms with E-state index in [-0.39, 0.29) is 5.91 Å². The second-order valence-electron chi connectivity index (χ2n) is 6.33. The van der Waals surface area contributed by atoms with Crippen molar-refractivity contribution in [2.75, 3.05) is 6.54 Å². The molecule has 1 aromatic rings. The highest BCUT2D eigenvalue weighted by molar-refractivity contribution is 6.32. The number of carbonyl (C=O) groups excluding carboxylic acids is 1. The molecule has 3 heteroatoms. The highest BCUT2D eigenvalue weighted by atomic mass is 35.5. The third-order valence-electron chi connectivity index (χ3n) is 4.15. The van der Waals surface area contributed by atoms with Gasteiger partial charge in [-0.15, -0.1) is 0 Å². The summed E-state index contributed by atoms with van der Waals surface area (Å²) in [6.45, 7) is 3.01. The van der Waals surface area contributed by atoms with Gasteiger partial charge in [0.1, 0.15) is 0 Å². The van der Waals surface area contributed by atoms with Crippen molar-refractivity contribution in [2.24, 2.45) is 0 Å². The second kappa shape index (κ2) is 14.1. The van der Waals surface area contributed by atoms with E-state index in [1.165, 1.54) is 57.8 Å². The van der Waals surface area contributed by atoms with E-state index >= 15 is 0 Å². The lowest BCUT2D eigenvalue weighted by Gasteiger charge is -2.03. The van der Waals surface area contributed by atoms with Gasteiger partial charge in [-0.2, -0.15) is 0 Å². The lowest BCUT2D eigenvalue weighted by atomic mass is 10.1. The van der Waals surface area contributed by atoms with Crippen LogP contribution in [0.3, 0.4) is 0 Å². The number of nitrogens with one attached hydrogen (secondary N) is 1. The molecule has 1 N–H and O–H groups in total. The van der Waals surface area contributed by atoms with E-state index in [2.05, 4.69) is 12.2 Å². The van der Waals surface area contributed by atoms with E-state index in [1.807, 2.05) is 24.3 Å². The molecule has 134 valence electrons. The Bertz CT molecular complexity index is 484. The molecule has 0 aliphatic rings. The zero-order valence-electron chi connectivity index (χ0n) is 15.0. The number of halogens is 1. The number of amides is 1. The van der Waals surface area contributed by atoms with Gasteiger partial charge in [0.15, 0.2) is 0 Å². The predicted octanol–water partition coefficient (Wildman–Crippen LogP) is 6.39. The standard InChI is InChI=1S/C21H32ClNO/c1-2-3-4-5-6-7-8-9-10-13-18-23-21(24)17-16-19-14-11-12-15-20(19)22/h11-12,14-17H,2-10,13,18H2,1H3,(H,23,24)/b17-16-. The van der Waals surface area contributed by atoms with Crippen LogP contribution >= 0.6 is 11.6 Å². The summed E-state index contributed by atoms with van der Waals surface area (Å²) in [5.74, 6) is -0.0501. The van der Waals surface area contributed by atoms with Crippen LogP contribution in [-0.2, 0) is 4.79 Å². The van der Waals surface area contributed by atoms with Crippen molar-refractivity contribution in [3.8, 4) is 0 Å². The molecule has 0 aliphatic carbocycles. The fourth-order valence-electron chi connectivity index (χ4n) is 2.66. The minimum absolute atomic E-state index is 0.0501. The number of benzene rings is 1. The smallest absolute Gasteiger partial charge is 0.243 e. The summed E-state index contributed by atoms with van der Waals surface area (Å²) in [5.41, 5.74) is 0.869. The first-order valence-corrected chi connectivity index (χ1v) is 9.82. The quantitative estimate of drug-likeness (QED) is 0.324. The van der Waals surface area contributed by atoms with Crippen LogP contribution in [0.2, 0.25) is 5.02 Å². The van der Waals surface area contributed by atoms with Crippen molar-refractivity contribution in [2.45, 2.75) is 71.1 Å². The van der Waals surface area contributed by atoms with E-state index in [0.717, 1.165) is 18.5 Å². The van der Waals surface area contributed by atoms with Gasteiger partial charge in [0, 0.05) is 17.6 Å². The third kappa shape index (κ3) is 10.5. The van der Waals surface area contributed by atoms with E-state index in [1.54, 1.807) is 12.2 Å². The maximum absolute atomic E-state index is 11.7. The van der Waals surface area contributed by atoms with Crippen LogP contribution < -0.4 is 5.32 Å². The Balaban J connectivity index is 1.97. The third-order valence-corrected chi connectivity index (χ3v) is 4.49. The molecular weight excluding hydrogens is 318 g/mol. The maximum Gasteiger partial charge on any atom is 0.243 e. The first kappa shape index (κ1) is 20.8. The van der Waals surface area contributed by atoms with E-state index in [4.69, 9.17) is 11.6 Å². The van der Waals surface area contributed by atoms with Crippen molar-refractivity contribution in [1.82, 2.24) is 5.32 Å². The largest absolute Gasteiger partial charge is 0.353 e. The number of unbranched alkanes of at least 4 members (excludes halogenated alkanes) is 9. The van der Waals surface area contributed by atoms with Crippen LogP contribution in [0.15, 0.2) is 30.3 Å². The Hall–Kier alpha value is -1.28. The summed E-state index contributed by atoms with van der Waals surface area (Å²) in [4.78, 5) is 11.7. The van der Waals surface area contributed by atoms with Gasteiger partial charge >= 0.3 is 0 Å². The normalized spacial score (nSPS) is 11.1. The summed E-state index contributed by atoms with van der Waals surface area (Å²) < 4.78 is 0. The Morgan fingerprint density at radius 2 is 1.54 bits per heavy atom. The minimum atomic E-state index is -0.0501. The van der Waals surface area contributed by atoms with Gasteiger partial charge < -0.3 is 5.32 Å². The lowest BCUT2D eigenvalue weighted by molar-refractivity contribution is -0.116. The number of hydrogen-bond acceptors (Lipinski definition) is 1. The van der Waals surface area contributed by atoms with Gasteiger partial charge in [-0.1, -0.05) is 94.5 Å². The first-order valence-electron chi connectivity index (χ1n) is 9.44. The molecule has 24 heavy (non-hydrogen) atoms. The van der Waals surface area contributed by atoms with Crippen molar-refractivity contribution in [3.05, 3.63) is 40.9 Å². The minimum Gasteiger partial charge on any atom is -0.353 e. The summed E-state index contributed by atoms with van der Waals surface area (Å²) in [6.07, 6.45) is 16.4. The molecule has 0 spiro atoms. The molecule has 0 saturated carbocycles. The lowest BCUT2D eigenvalue weighted by Crippen LogP contribution is -2.21. The predicted molar refractivity (Wildman–Crippen MR) is 105 cm³/mol. The molecule has 0 unspecified atom stereocenters. The maximum atomic E-state index is 11.7. The van der Waals surface area contributed by atoms with Crippen molar-refractivity contribution < 1.29 is 4.79 Å². The van der Waals surface area contributed by atoms with Crippen LogP contribution in [-0.4, -0.2) is 12.5 Å². The van der Waals surface area contributed by atoms with Crippen molar-refractivity contribution in [1.29, 1.82) is 0 Å². The first-order chi connectivity index (χ1) is 11.7. The summed E-state index contributed by atoms with van der Waals surface area (Å²) in [7, 11) is 0. The Labute approximate surface area is 152 Å². The molecule has 1 amide bonds. The Morgan fingerprint density at radius 3 is 2.17 bits per heavy atom. The van der Waals surface area contributed by atoms with E-state index < -0.39 is 0 Å². The molecule has 1 aromatic carbocycles. The van der Waals surface area contributed by atoms with Crippen LogP contribution in [0.1, 0.15) is 76.7 Å². The van der Waals surface area contributed by atoms with Gasteiger partial charge in [-0.3, -0.25) is 4.79 Å². The zero-order chi connectivity index (χ0) is 17.5. The van der Waals surface area contributed by atoms with Gasteiger partial charge in [0.25, 0.3) is 0 Å². The molecular formula is C21H32ClNO. The van der Waals surface area contributed by atoms with Crippen LogP contribution in [0.4, 0.5) is 0 Å². The molecule has 0 atom stereocenters. The van der Waals surface area contributed by atoms with Crippen LogP contribution in [0.25, 0.3) is 6.08 Å². The number of carbonyl (C=O) groups is 1. The molecule has 0 saturated heterocycles. The molecule has 0 radical (unpaired) electrons. The molecule has 0 fully saturated rings. The van der Waals surface area contributed by atoms with Crippen molar-refractivity contribution >= 4 is 23.6 Å². The van der Waals surface area contributed by atoms with Gasteiger partial charge in [-0.05, 0) is 24.1 Å². The van der Waals surface area contributed by atoms with Crippen molar-refractivity contribution in [3.63, 3.8) is 0 Å². The van der Waals surface area contributed by atoms with Gasteiger partial charge in [-0.25, -0.2) is 0 Å². The van der Waals surface area contributed by atoms with Gasteiger partial charge in [0.05, 0.1) is 0 Å². The molecule has 0 aliphatic heterocycles. The zero-order valence-corrected chi connectivity index (χ0v) is 15.8. The highest BCUT2D eigenvalue weighted by Gasteiger charge is 1.98. The Morgan fingerprint density at radius 1 is 0.958 bits per heavy atom. The fourth-order valence-corrected chi connectivity index (χ4v) is 2.86. The monoisotopic (exact) mass is 349 g/mol. The summed E-state index contributed by atoms with van der Waals surface area (Å²) >= 11 is 6.05. The average Bonchev–Trinajstić information content (AvgIpc) is 2.59. The van der Waals surface area contributed by atoms with Crippen LogP contribution in [0.5, 0.6) is 0 Å². The number of hydrogen-bond donors (Lipinski definition) is 1. The topological polar surface area (TPSA) is 29.1 Å². The SMILES string of the molecule is CCCCCCCCCCCCNC(=O)/C=C\c1ccccc1Cl. The van der Waals surface area contributed by atoms with E-state index in [9.17, 15) is 4.79 Å². The van der Waals surface area contributed by atoms with Gasteiger partial charge in [0.2, 0.25) is 5.91 Å². The average molecular weight is 350 g/mol. The number of rotatable bonds is 13. The molecule has 2 nitrogen and oxygen atoms in total. The summed E-state index contributed by atoms with van der Waals surface area (Å²) in [6, 6.07) is 7.51. The second-order valence-corrected chi connectivity index (χ2v) is 6.74.